The van der Waals surface area contributed by atoms with Crippen LogP contribution in [0, 0.1) is 18.6 Å². The minimum Gasteiger partial charge on any atom is -0.378 e. The van der Waals surface area contributed by atoms with Crippen molar-refractivity contribution >= 4 is 0 Å². The summed E-state index contributed by atoms with van der Waals surface area (Å²) in [6.45, 7) is 5.34. The van der Waals surface area contributed by atoms with Gasteiger partial charge < -0.3 is 10.1 Å². The summed E-state index contributed by atoms with van der Waals surface area (Å²) >= 11 is 0. The van der Waals surface area contributed by atoms with Crippen molar-refractivity contribution in [2.45, 2.75) is 51.7 Å². The highest BCUT2D eigenvalue weighted by Gasteiger charge is 2.24. The quantitative estimate of drug-likeness (QED) is 0.855. The van der Waals surface area contributed by atoms with Gasteiger partial charge in [0.15, 0.2) is 0 Å². The number of benzene rings is 1. The second-order valence-electron chi connectivity index (χ2n) is 5.50. The van der Waals surface area contributed by atoms with Crippen LogP contribution in [0.15, 0.2) is 12.1 Å². The van der Waals surface area contributed by atoms with E-state index in [4.69, 9.17) is 4.74 Å². The Morgan fingerprint density at radius 2 is 2.15 bits per heavy atom. The van der Waals surface area contributed by atoms with E-state index in [1.165, 1.54) is 0 Å². The van der Waals surface area contributed by atoms with E-state index < -0.39 is 11.6 Å². The highest BCUT2D eigenvalue weighted by molar-refractivity contribution is 5.28. The molecule has 2 nitrogen and oxygen atoms in total. The van der Waals surface area contributed by atoms with E-state index >= 15 is 0 Å². The molecule has 0 aromatic heterocycles. The first-order chi connectivity index (χ1) is 9.61. The molecular formula is C16H23F2NO. The molecular weight excluding hydrogens is 260 g/mol. The number of rotatable bonds is 6. The number of aryl methyl sites for hydroxylation is 1. The van der Waals surface area contributed by atoms with E-state index in [2.05, 4.69) is 12.2 Å². The Bertz CT molecular complexity index is 444. The van der Waals surface area contributed by atoms with Gasteiger partial charge in [-0.05, 0) is 50.8 Å². The third-order valence-corrected chi connectivity index (χ3v) is 3.82. The molecule has 0 saturated carbocycles. The van der Waals surface area contributed by atoms with E-state index in [9.17, 15) is 8.78 Å². The van der Waals surface area contributed by atoms with Crippen LogP contribution in [0.25, 0.3) is 0 Å². The molecule has 1 aromatic carbocycles. The van der Waals surface area contributed by atoms with Crippen LogP contribution in [0.1, 0.15) is 49.8 Å². The van der Waals surface area contributed by atoms with Crippen LogP contribution in [0.3, 0.4) is 0 Å². The average Bonchev–Trinajstić information content (AvgIpc) is 2.92. The van der Waals surface area contributed by atoms with Gasteiger partial charge in [-0.3, -0.25) is 0 Å². The maximum atomic E-state index is 14.1. The maximum Gasteiger partial charge on any atom is 0.130 e. The molecule has 2 unspecified atom stereocenters. The van der Waals surface area contributed by atoms with Crippen LogP contribution < -0.4 is 5.32 Å². The van der Waals surface area contributed by atoms with Crippen LogP contribution in [0.2, 0.25) is 0 Å². The monoisotopic (exact) mass is 283 g/mol. The van der Waals surface area contributed by atoms with Gasteiger partial charge in [-0.25, -0.2) is 8.78 Å². The Labute approximate surface area is 119 Å². The van der Waals surface area contributed by atoms with Crippen LogP contribution in [-0.4, -0.2) is 19.3 Å². The zero-order chi connectivity index (χ0) is 14.5. The van der Waals surface area contributed by atoms with Crippen LogP contribution in [-0.2, 0) is 4.74 Å². The normalized spacial score (nSPS) is 20.3. The molecule has 0 bridgehead atoms. The summed E-state index contributed by atoms with van der Waals surface area (Å²) in [5, 5.41) is 3.36. The zero-order valence-electron chi connectivity index (χ0n) is 12.2. The fraction of sp³-hybridized carbons (Fsp3) is 0.625. The minimum atomic E-state index is -0.488. The van der Waals surface area contributed by atoms with Crippen molar-refractivity contribution in [3.05, 3.63) is 34.9 Å². The SMILES string of the molecule is CCCNC(CC1CCCO1)c1cc(C)c(F)cc1F. The van der Waals surface area contributed by atoms with E-state index in [0.717, 1.165) is 44.9 Å². The fourth-order valence-electron chi connectivity index (χ4n) is 2.68. The van der Waals surface area contributed by atoms with Gasteiger partial charge in [-0.15, -0.1) is 0 Å². The largest absolute Gasteiger partial charge is 0.378 e. The molecule has 1 aromatic rings. The highest BCUT2D eigenvalue weighted by atomic mass is 19.1. The number of nitrogens with one attached hydrogen (secondary N) is 1. The van der Waals surface area contributed by atoms with E-state index in [0.29, 0.717) is 11.1 Å². The Morgan fingerprint density at radius 1 is 1.35 bits per heavy atom. The first kappa shape index (κ1) is 15.4. The van der Waals surface area contributed by atoms with Crippen molar-refractivity contribution < 1.29 is 13.5 Å². The summed E-state index contributed by atoms with van der Waals surface area (Å²) < 4.78 is 33.1. The van der Waals surface area contributed by atoms with Crippen molar-refractivity contribution in [1.29, 1.82) is 0 Å². The second kappa shape index (κ2) is 7.14. The third-order valence-electron chi connectivity index (χ3n) is 3.82. The molecule has 4 heteroatoms. The van der Waals surface area contributed by atoms with Gasteiger partial charge in [0.25, 0.3) is 0 Å². The van der Waals surface area contributed by atoms with Crippen molar-refractivity contribution in [3.63, 3.8) is 0 Å². The molecule has 2 atom stereocenters. The Morgan fingerprint density at radius 3 is 2.80 bits per heavy atom. The van der Waals surface area contributed by atoms with Crippen LogP contribution in [0.5, 0.6) is 0 Å². The lowest BCUT2D eigenvalue weighted by Crippen LogP contribution is -2.27. The Hall–Kier alpha value is -1.00. The van der Waals surface area contributed by atoms with Gasteiger partial charge in [0.1, 0.15) is 11.6 Å². The molecule has 2 rings (SSSR count). The molecule has 0 amide bonds. The number of halogens is 2. The number of ether oxygens (including phenoxy) is 1. The number of hydrogen-bond acceptors (Lipinski definition) is 2. The summed E-state index contributed by atoms with van der Waals surface area (Å²) in [6, 6.07) is 2.49. The second-order valence-corrected chi connectivity index (χ2v) is 5.50. The third kappa shape index (κ3) is 3.76. The van der Waals surface area contributed by atoms with Crippen LogP contribution in [0.4, 0.5) is 8.78 Å². The Balaban J connectivity index is 2.18. The predicted molar refractivity (Wildman–Crippen MR) is 75.7 cm³/mol. The molecule has 0 spiro atoms. The topological polar surface area (TPSA) is 21.3 Å². The summed E-state index contributed by atoms with van der Waals surface area (Å²) in [5.74, 6) is -0.961. The first-order valence-corrected chi connectivity index (χ1v) is 7.42. The van der Waals surface area contributed by atoms with E-state index in [1.807, 2.05) is 0 Å². The van der Waals surface area contributed by atoms with E-state index in [1.54, 1.807) is 13.0 Å². The van der Waals surface area contributed by atoms with Gasteiger partial charge in [-0.2, -0.15) is 0 Å². The zero-order valence-corrected chi connectivity index (χ0v) is 12.2. The van der Waals surface area contributed by atoms with Crippen molar-refractivity contribution in [2.75, 3.05) is 13.2 Å². The number of hydrogen-bond donors (Lipinski definition) is 1. The molecule has 0 radical (unpaired) electrons. The summed E-state index contributed by atoms with van der Waals surface area (Å²) in [4.78, 5) is 0. The van der Waals surface area contributed by atoms with Gasteiger partial charge in [-0.1, -0.05) is 6.92 Å². The molecule has 20 heavy (non-hydrogen) atoms. The van der Waals surface area contributed by atoms with E-state index in [-0.39, 0.29) is 12.1 Å². The lowest BCUT2D eigenvalue weighted by molar-refractivity contribution is 0.0942. The maximum absolute atomic E-state index is 14.1. The highest BCUT2D eigenvalue weighted by Crippen LogP contribution is 2.28. The smallest absolute Gasteiger partial charge is 0.130 e. The fourth-order valence-corrected chi connectivity index (χ4v) is 2.68. The molecule has 112 valence electrons. The summed E-state index contributed by atoms with van der Waals surface area (Å²) in [7, 11) is 0. The van der Waals surface area contributed by atoms with Crippen molar-refractivity contribution in [3.8, 4) is 0 Å². The summed E-state index contributed by atoms with van der Waals surface area (Å²) in [6.07, 6.45) is 3.97. The van der Waals surface area contributed by atoms with Gasteiger partial charge >= 0.3 is 0 Å². The molecule has 1 saturated heterocycles. The van der Waals surface area contributed by atoms with Gasteiger partial charge in [0.05, 0.1) is 6.10 Å². The van der Waals surface area contributed by atoms with Gasteiger partial charge in [0.2, 0.25) is 0 Å². The molecule has 0 aliphatic carbocycles. The molecule has 1 heterocycles. The molecule has 1 fully saturated rings. The lowest BCUT2D eigenvalue weighted by atomic mass is 9.97. The molecule has 1 aliphatic heterocycles. The Kier molecular flexibility index (Phi) is 5.49. The molecule has 1 N–H and O–H groups in total. The predicted octanol–water partition coefficient (Wildman–Crippen LogP) is 3.88. The standard InChI is InChI=1S/C16H23F2NO/c1-3-6-19-16(9-12-5-4-7-20-12)13-8-11(2)14(17)10-15(13)18/h8,10,12,16,19H,3-7,9H2,1-2H3. The van der Waals surface area contributed by atoms with Crippen molar-refractivity contribution in [1.82, 2.24) is 5.32 Å². The average molecular weight is 283 g/mol. The minimum absolute atomic E-state index is 0.114. The first-order valence-electron chi connectivity index (χ1n) is 7.42. The summed E-state index contributed by atoms with van der Waals surface area (Å²) in [5.41, 5.74) is 1.03. The van der Waals surface area contributed by atoms with Crippen molar-refractivity contribution in [2.24, 2.45) is 0 Å². The molecule has 1 aliphatic rings. The van der Waals surface area contributed by atoms with Gasteiger partial charge in [0, 0.05) is 24.3 Å². The van der Waals surface area contributed by atoms with Crippen LogP contribution >= 0.6 is 0 Å². The lowest BCUT2D eigenvalue weighted by Gasteiger charge is -2.23.